The Labute approximate surface area is 300 Å². The minimum Gasteiger partial charge on any atom is -0.493 e. The van der Waals surface area contributed by atoms with E-state index >= 15 is 0 Å². The van der Waals surface area contributed by atoms with Crippen LogP contribution in [0, 0.1) is 25.2 Å². The van der Waals surface area contributed by atoms with Gasteiger partial charge >= 0.3 is 6.09 Å². The highest BCUT2D eigenvalue weighted by Crippen LogP contribution is 2.43. The van der Waals surface area contributed by atoms with E-state index in [0.717, 1.165) is 87.0 Å². The Morgan fingerprint density at radius 3 is 2.51 bits per heavy atom. The third-order valence-electron chi connectivity index (χ3n) is 10.8. The number of likely N-dealkylation sites (tertiary alicyclic amines) is 1. The second kappa shape index (κ2) is 13.8. The molecule has 11 nitrogen and oxygen atoms in total. The molecule has 3 aliphatic rings. The Morgan fingerprint density at radius 2 is 1.76 bits per heavy atom. The van der Waals surface area contributed by atoms with Gasteiger partial charge < -0.3 is 23.8 Å². The van der Waals surface area contributed by atoms with Crippen molar-refractivity contribution >= 4 is 34.7 Å². The van der Waals surface area contributed by atoms with Gasteiger partial charge in [-0.2, -0.15) is 0 Å². The second-order valence-electron chi connectivity index (χ2n) is 15.9. The minimum absolute atomic E-state index is 0.198. The van der Waals surface area contributed by atoms with Crippen molar-refractivity contribution in [1.82, 2.24) is 24.4 Å². The predicted molar refractivity (Wildman–Crippen MR) is 199 cm³/mol. The van der Waals surface area contributed by atoms with Crippen molar-refractivity contribution in [2.45, 2.75) is 92.2 Å². The number of rotatable bonds is 1. The maximum Gasteiger partial charge on any atom is 0.410 e. The zero-order valence-corrected chi connectivity index (χ0v) is 30.9. The normalized spacial score (nSPS) is 19.7. The number of carbonyl (C=O) groups excluding carboxylic acids is 2. The fourth-order valence-corrected chi connectivity index (χ4v) is 7.93. The highest BCUT2D eigenvalue weighted by atomic mass is 16.6. The topological polar surface area (TPSA) is 115 Å². The standard InChI is InChI=1S/C40H51N7O4/c1-26-8-7-19-50-35-9-14-41-24-30(35)31-22-29(21-28(3)42-31)36(48)44-37-43-32-20-27(2)33(23-34(32)47(37)25-26)45-15-10-40(11-16-45)12-17-46(18-13-40)38(49)51-39(4,5)6/h9,14,20-24,26H,7-8,10-13,15-19,25H2,1-6H3,(H,43,44,48)/t26-/m1/s1. The van der Waals surface area contributed by atoms with E-state index in [1.54, 1.807) is 24.5 Å². The molecule has 2 fully saturated rings. The molecule has 1 N–H and O–H groups in total. The lowest BCUT2D eigenvalue weighted by Crippen LogP contribution is -2.49. The fraction of sp³-hybridized carbons (Fsp3) is 0.525. The van der Waals surface area contributed by atoms with Crippen molar-refractivity contribution in [2.75, 3.05) is 43.0 Å². The molecule has 0 radical (unpaired) electrons. The second-order valence-corrected chi connectivity index (χ2v) is 15.9. The number of hydrogen-bond acceptors (Lipinski definition) is 8. The molecule has 2 amide bonds. The van der Waals surface area contributed by atoms with E-state index in [4.69, 9.17) is 19.4 Å². The van der Waals surface area contributed by atoms with Gasteiger partial charge in [0, 0.05) is 62.1 Å². The van der Waals surface area contributed by atoms with Gasteiger partial charge in [-0.25, -0.2) is 9.78 Å². The number of hydrogen-bond donors (Lipinski definition) is 1. The number of pyridine rings is 2. The van der Waals surface area contributed by atoms with Crippen LogP contribution in [0.15, 0.2) is 42.7 Å². The molecule has 6 heterocycles. The van der Waals surface area contributed by atoms with Crippen molar-refractivity contribution in [3.8, 4) is 17.0 Å². The van der Waals surface area contributed by atoms with Gasteiger partial charge in [-0.15, -0.1) is 0 Å². The quantitative estimate of drug-likeness (QED) is 0.215. The van der Waals surface area contributed by atoms with E-state index in [1.165, 1.54) is 11.3 Å². The van der Waals surface area contributed by atoms with Crippen molar-refractivity contribution < 1.29 is 19.1 Å². The van der Waals surface area contributed by atoms with Crippen LogP contribution >= 0.6 is 0 Å². The highest BCUT2D eigenvalue weighted by molar-refractivity contribution is 6.05. The van der Waals surface area contributed by atoms with Gasteiger partial charge in [-0.05, 0) is 120 Å². The monoisotopic (exact) mass is 693 g/mol. The summed E-state index contributed by atoms with van der Waals surface area (Å²) in [6.45, 7) is 16.8. The first-order chi connectivity index (χ1) is 24.4. The molecule has 0 saturated carbocycles. The number of piperidine rings is 2. The summed E-state index contributed by atoms with van der Waals surface area (Å²) >= 11 is 0. The van der Waals surface area contributed by atoms with Crippen LogP contribution in [0.2, 0.25) is 0 Å². The molecule has 1 spiro atoms. The number of ether oxygens (including phenoxy) is 2. The first-order valence-electron chi connectivity index (χ1n) is 18.5. The predicted octanol–water partition coefficient (Wildman–Crippen LogP) is 7.79. The molecular formula is C40H51N7O4. The van der Waals surface area contributed by atoms with Crippen molar-refractivity contribution in [3.05, 3.63) is 59.5 Å². The molecule has 7 rings (SSSR count). The first-order valence-corrected chi connectivity index (χ1v) is 18.5. The maximum absolute atomic E-state index is 13.9. The molecule has 0 aliphatic carbocycles. The van der Waals surface area contributed by atoms with Gasteiger partial charge in [0.05, 0.1) is 28.9 Å². The summed E-state index contributed by atoms with van der Waals surface area (Å²) in [4.78, 5) is 45.0. The van der Waals surface area contributed by atoms with Crippen molar-refractivity contribution in [2.24, 2.45) is 11.3 Å². The van der Waals surface area contributed by atoms with Crippen LogP contribution in [0.1, 0.15) is 87.8 Å². The molecule has 270 valence electrons. The number of nitrogens with zero attached hydrogens (tertiary/aromatic N) is 6. The van der Waals surface area contributed by atoms with E-state index in [1.807, 2.05) is 38.7 Å². The number of fused-ring (bicyclic) bond motifs is 7. The number of aryl methyl sites for hydroxylation is 2. The zero-order chi connectivity index (χ0) is 35.9. The van der Waals surface area contributed by atoms with Crippen LogP contribution in [0.4, 0.5) is 16.4 Å². The molecule has 1 atom stereocenters. The van der Waals surface area contributed by atoms with Crippen LogP contribution in [0.5, 0.6) is 5.75 Å². The fourth-order valence-electron chi connectivity index (χ4n) is 7.93. The molecule has 2 saturated heterocycles. The van der Waals surface area contributed by atoms with E-state index in [2.05, 4.69) is 45.7 Å². The summed E-state index contributed by atoms with van der Waals surface area (Å²) in [5.41, 5.74) is 6.72. The molecule has 1 aromatic carbocycles. The van der Waals surface area contributed by atoms with Gasteiger partial charge in [0.1, 0.15) is 11.4 Å². The van der Waals surface area contributed by atoms with E-state index in [9.17, 15) is 9.59 Å². The largest absolute Gasteiger partial charge is 0.493 e. The van der Waals surface area contributed by atoms with Crippen LogP contribution in [-0.2, 0) is 11.3 Å². The van der Waals surface area contributed by atoms with Crippen molar-refractivity contribution in [3.63, 3.8) is 0 Å². The number of aromatic nitrogens is 4. The average molecular weight is 694 g/mol. The Morgan fingerprint density at radius 1 is 1.02 bits per heavy atom. The number of benzene rings is 1. The summed E-state index contributed by atoms with van der Waals surface area (Å²) in [5.74, 6) is 1.36. The lowest BCUT2D eigenvalue weighted by atomic mass is 9.71. The van der Waals surface area contributed by atoms with Crippen LogP contribution in [-0.4, -0.2) is 74.8 Å². The number of imidazole rings is 1. The Kier molecular flexibility index (Phi) is 9.41. The molecule has 11 heteroatoms. The van der Waals surface area contributed by atoms with E-state index < -0.39 is 5.60 Å². The number of carbonyl (C=O) groups is 2. The third-order valence-corrected chi connectivity index (χ3v) is 10.8. The third kappa shape index (κ3) is 7.53. The summed E-state index contributed by atoms with van der Waals surface area (Å²) in [6, 6.07) is 9.90. The van der Waals surface area contributed by atoms with Crippen LogP contribution < -0.4 is 15.0 Å². The Balaban J connectivity index is 1.14. The van der Waals surface area contributed by atoms with Crippen molar-refractivity contribution in [1.29, 1.82) is 0 Å². The lowest BCUT2D eigenvalue weighted by Gasteiger charge is -2.47. The molecular weight excluding hydrogens is 642 g/mol. The molecule has 51 heavy (non-hydrogen) atoms. The molecule has 3 aliphatic heterocycles. The summed E-state index contributed by atoms with van der Waals surface area (Å²) in [5, 5.41) is 3.17. The minimum atomic E-state index is -0.480. The van der Waals surface area contributed by atoms with Gasteiger partial charge in [0.25, 0.3) is 5.91 Å². The molecule has 0 unspecified atom stereocenters. The average Bonchev–Trinajstić information content (AvgIpc) is 3.40. The van der Waals surface area contributed by atoms with Crippen LogP contribution in [0.25, 0.3) is 22.3 Å². The van der Waals surface area contributed by atoms with Crippen LogP contribution in [0.3, 0.4) is 0 Å². The SMILES string of the molecule is Cc1cc2cc(n1)-c1cnccc1OCCC[C@@H](C)Cn1c(nc3cc(C)c(N4CCC5(CCN(C(=O)OC(C)(C)C)CC5)CC4)cc31)NC2=O. The van der Waals surface area contributed by atoms with E-state index in [-0.39, 0.29) is 17.4 Å². The summed E-state index contributed by atoms with van der Waals surface area (Å²) in [6.07, 6.45) is 9.33. The van der Waals surface area contributed by atoms with Gasteiger partial charge in [-0.3, -0.25) is 20.1 Å². The molecule has 2 bridgehead atoms. The number of nitrogens with one attached hydrogen (secondary N) is 1. The van der Waals surface area contributed by atoms with Gasteiger partial charge in [0.15, 0.2) is 0 Å². The Hall–Kier alpha value is -4.67. The first kappa shape index (κ1) is 34.8. The zero-order valence-electron chi connectivity index (χ0n) is 30.9. The maximum atomic E-state index is 13.9. The number of amides is 2. The summed E-state index contributed by atoms with van der Waals surface area (Å²) in [7, 11) is 0. The number of anilines is 2. The highest BCUT2D eigenvalue weighted by Gasteiger charge is 2.39. The van der Waals surface area contributed by atoms with Gasteiger partial charge in [0.2, 0.25) is 5.95 Å². The summed E-state index contributed by atoms with van der Waals surface area (Å²) < 4.78 is 14.1. The van der Waals surface area contributed by atoms with E-state index in [0.29, 0.717) is 42.0 Å². The Bertz CT molecular complexity index is 1930. The lowest BCUT2D eigenvalue weighted by molar-refractivity contribution is 0.00664. The smallest absolute Gasteiger partial charge is 0.410 e. The molecule has 3 aromatic heterocycles. The van der Waals surface area contributed by atoms with Gasteiger partial charge in [-0.1, -0.05) is 6.92 Å². The molecule has 4 aromatic rings.